The molecule has 0 aliphatic carbocycles. The fraction of sp³-hybridized carbons (Fsp3) is 0.429. The molecule has 2 aromatic heterocycles. The van der Waals surface area contributed by atoms with Gasteiger partial charge in [-0.2, -0.15) is 13.6 Å². The molecule has 7 atom stereocenters. The van der Waals surface area contributed by atoms with Gasteiger partial charge in [0.2, 0.25) is 5.95 Å². The van der Waals surface area contributed by atoms with Crippen LogP contribution in [-0.4, -0.2) is 62.4 Å². The number of ether oxygens (including phenoxy) is 1. The molecule has 0 spiro atoms. The normalized spacial score (nSPS) is 28.3. The van der Waals surface area contributed by atoms with Crippen molar-refractivity contribution in [3.63, 3.8) is 0 Å². The van der Waals surface area contributed by atoms with Gasteiger partial charge in [-0.15, -0.1) is 0 Å². The molecule has 3 rings (SSSR count). The number of aliphatic hydroxyl groups excluding tert-OH is 1. The maximum atomic E-state index is 14.6. The van der Waals surface area contributed by atoms with E-state index in [-0.39, 0.29) is 0 Å². The lowest BCUT2D eigenvalue weighted by molar-refractivity contribution is -0.0728. The molecule has 0 aromatic carbocycles. The van der Waals surface area contributed by atoms with E-state index in [1.165, 1.54) is 0 Å². The Morgan fingerprint density at radius 3 is 2.49 bits per heavy atom. The molecule has 0 amide bonds. The summed E-state index contributed by atoms with van der Waals surface area (Å²) < 4.78 is 67.5. The Bertz CT molecular complexity index is 1490. The number of phosphoric acid groups is 3. The number of nitrogens with two attached hydrogens (primary N) is 1. The number of anilines is 1. The number of rotatable bonds is 8. The SMILES string of the molecule is C[C@@H](OP(=O)(O)OP(=O)(O)OP(=O)(O)O)C1O[C@@H](n2cc(F)c3c(=O)[nH]c(N)nc32)[C@@](Cl)(C#CCl)C1O. The number of hydrogen-bond donors (Lipinski definition) is 7. The number of aromatic amines is 1. The van der Waals surface area contributed by atoms with E-state index < -0.39 is 81.2 Å². The Labute approximate surface area is 214 Å². The number of alkyl halides is 1. The lowest BCUT2D eigenvalue weighted by Crippen LogP contribution is -2.43. The number of nitrogens with one attached hydrogen (secondary N) is 1. The molecule has 1 fully saturated rings. The molecule has 23 heteroatoms. The van der Waals surface area contributed by atoms with Crippen molar-refractivity contribution in [1.29, 1.82) is 0 Å². The molecule has 1 aliphatic rings. The van der Waals surface area contributed by atoms with Gasteiger partial charge in [-0.25, -0.2) is 18.1 Å². The minimum atomic E-state index is -5.84. The molecule has 1 saturated heterocycles. The van der Waals surface area contributed by atoms with E-state index in [4.69, 9.17) is 43.5 Å². The Kier molecular flexibility index (Phi) is 8.40. The first kappa shape index (κ1) is 30.2. The third-order valence-corrected chi connectivity index (χ3v) is 9.24. The molecule has 0 bridgehead atoms. The van der Waals surface area contributed by atoms with Crippen LogP contribution in [0.1, 0.15) is 13.2 Å². The largest absolute Gasteiger partial charge is 0.490 e. The molecule has 206 valence electrons. The standard InChI is InChI=1S/C14H16Cl2FN4O13P3/c1-5(32-36(27,28)34-37(29,30)33-35(24,25)26)8-9(22)14(16,2-3-15)12(31-8)21-4-6(17)7-10(21)19-13(18)20-11(7)23/h4-5,8-9,12,22H,1H3,(H,27,28)(H,29,30)(H2,24,25,26)(H3,18,19,20,23)/t5-,8?,9?,12-,14-/m1/s1. The van der Waals surface area contributed by atoms with Crippen molar-refractivity contribution >= 4 is 63.7 Å². The monoisotopic (exact) mass is 630 g/mol. The van der Waals surface area contributed by atoms with Gasteiger partial charge in [-0.1, -0.05) is 17.5 Å². The molecule has 1 aliphatic heterocycles. The summed E-state index contributed by atoms with van der Waals surface area (Å²) in [5, 5.41) is 12.2. The van der Waals surface area contributed by atoms with E-state index in [0.717, 1.165) is 17.7 Å². The highest BCUT2D eigenvalue weighted by Gasteiger charge is 2.58. The van der Waals surface area contributed by atoms with E-state index in [0.29, 0.717) is 0 Å². The van der Waals surface area contributed by atoms with Gasteiger partial charge in [0.15, 0.2) is 22.6 Å². The number of H-pyrrole nitrogens is 1. The van der Waals surface area contributed by atoms with Crippen LogP contribution in [0.4, 0.5) is 10.3 Å². The van der Waals surface area contributed by atoms with Crippen LogP contribution >= 0.6 is 46.7 Å². The van der Waals surface area contributed by atoms with Crippen LogP contribution in [0.5, 0.6) is 0 Å². The molecular formula is C14H16Cl2FN4O13P3. The van der Waals surface area contributed by atoms with Crippen LogP contribution in [0.2, 0.25) is 0 Å². The zero-order valence-corrected chi connectivity index (χ0v) is 22.0. The maximum Gasteiger partial charge on any atom is 0.490 e. The first-order valence-electron chi connectivity index (χ1n) is 9.33. The van der Waals surface area contributed by atoms with Gasteiger partial charge in [-0.05, 0) is 18.5 Å². The van der Waals surface area contributed by atoms with Gasteiger partial charge in [-0.3, -0.25) is 18.9 Å². The zero-order chi connectivity index (χ0) is 28.1. The molecule has 2 aromatic rings. The van der Waals surface area contributed by atoms with E-state index in [2.05, 4.69) is 29.0 Å². The number of nitrogen functional groups attached to an aromatic ring is 1. The van der Waals surface area contributed by atoms with Gasteiger partial charge in [0, 0.05) is 11.6 Å². The predicted molar refractivity (Wildman–Crippen MR) is 121 cm³/mol. The first-order valence-corrected chi connectivity index (χ1v) is 14.6. The van der Waals surface area contributed by atoms with Gasteiger partial charge in [0.1, 0.15) is 17.6 Å². The van der Waals surface area contributed by atoms with Crippen molar-refractivity contribution in [2.45, 2.75) is 36.3 Å². The van der Waals surface area contributed by atoms with Crippen LogP contribution in [0, 0.1) is 17.1 Å². The van der Waals surface area contributed by atoms with Crippen molar-refractivity contribution in [2.24, 2.45) is 0 Å². The highest BCUT2D eigenvalue weighted by Crippen LogP contribution is 2.66. The number of hydrogen-bond acceptors (Lipinski definition) is 11. The van der Waals surface area contributed by atoms with E-state index >= 15 is 0 Å². The number of phosphoric ester groups is 1. The third kappa shape index (κ3) is 6.44. The molecule has 4 unspecified atom stereocenters. The Morgan fingerprint density at radius 1 is 1.30 bits per heavy atom. The average molecular weight is 631 g/mol. The summed E-state index contributed by atoms with van der Waals surface area (Å²) in [6.07, 6.45) is -6.41. The summed E-state index contributed by atoms with van der Waals surface area (Å²) in [4.78, 5) is 52.1. The second-order valence-electron chi connectivity index (χ2n) is 7.32. The zero-order valence-electron chi connectivity index (χ0n) is 17.8. The van der Waals surface area contributed by atoms with E-state index in [1.807, 2.05) is 5.38 Å². The maximum absolute atomic E-state index is 14.6. The molecule has 0 radical (unpaired) electrons. The lowest BCUT2D eigenvalue weighted by atomic mass is 9.97. The summed E-state index contributed by atoms with van der Waals surface area (Å²) in [6.45, 7) is 0.995. The lowest BCUT2D eigenvalue weighted by Gasteiger charge is -2.26. The minimum absolute atomic E-state index is 0.390. The quantitative estimate of drug-likeness (QED) is 0.120. The third-order valence-electron chi connectivity index (χ3n) is 4.71. The van der Waals surface area contributed by atoms with Crippen LogP contribution in [0.25, 0.3) is 11.0 Å². The number of aliphatic hydroxyl groups is 1. The van der Waals surface area contributed by atoms with Crippen molar-refractivity contribution in [1.82, 2.24) is 14.5 Å². The molecule has 0 saturated carbocycles. The summed E-state index contributed by atoms with van der Waals surface area (Å²) in [5.74, 6) is 0.729. The van der Waals surface area contributed by atoms with Crippen LogP contribution in [0.15, 0.2) is 11.0 Å². The minimum Gasteiger partial charge on any atom is -0.387 e. The van der Waals surface area contributed by atoms with Crippen molar-refractivity contribution in [3.05, 3.63) is 22.4 Å². The number of fused-ring (bicyclic) bond motifs is 1. The van der Waals surface area contributed by atoms with E-state index in [9.17, 15) is 37.8 Å². The molecule has 8 N–H and O–H groups in total. The predicted octanol–water partition coefficient (Wildman–Crippen LogP) is 0.613. The van der Waals surface area contributed by atoms with Gasteiger partial charge < -0.3 is 35.2 Å². The Morgan fingerprint density at radius 2 is 1.92 bits per heavy atom. The topological polar surface area (TPSA) is 266 Å². The Hall–Kier alpha value is -1.38. The fourth-order valence-corrected chi connectivity index (χ4v) is 7.16. The van der Waals surface area contributed by atoms with Crippen LogP contribution in [0.3, 0.4) is 0 Å². The summed E-state index contributed by atoms with van der Waals surface area (Å²) in [6, 6.07) is 0. The van der Waals surface area contributed by atoms with Gasteiger partial charge in [0.25, 0.3) is 5.56 Å². The summed E-state index contributed by atoms with van der Waals surface area (Å²) >= 11 is 11.9. The van der Waals surface area contributed by atoms with Gasteiger partial charge in [0.05, 0.1) is 6.10 Å². The summed E-state index contributed by atoms with van der Waals surface area (Å²) in [5.41, 5.74) is 4.17. The molecule has 3 heterocycles. The smallest absolute Gasteiger partial charge is 0.387 e. The molecular weight excluding hydrogens is 615 g/mol. The highest BCUT2D eigenvalue weighted by atomic mass is 35.5. The second kappa shape index (κ2) is 10.3. The number of halogens is 3. The van der Waals surface area contributed by atoms with Crippen LogP contribution < -0.4 is 11.3 Å². The first-order chi connectivity index (χ1) is 16.8. The second-order valence-corrected chi connectivity index (χ2v) is 12.5. The molecule has 37 heavy (non-hydrogen) atoms. The average Bonchev–Trinajstić information content (AvgIpc) is 3.13. The van der Waals surface area contributed by atoms with Crippen LogP contribution in [-0.2, 0) is 31.6 Å². The summed E-state index contributed by atoms with van der Waals surface area (Å²) in [7, 11) is -17.1. The number of nitrogens with zero attached hydrogens (tertiary/aromatic N) is 2. The highest BCUT2D eigenvalue weighted by molar-refractivity contribution is 7.66. The van der Waals surface area contributed by atoms with Crippen molar-refractivity contribution in [3.8, 4) is 11.3 Å². The molecule has 17 nitrogen and oxygen atoms in total. The fourth-order valence-electron chi connectivity index (χ4n) is 3.43. The van der Waals surface area contributed by atoms with Gasteiger partial charge >= 0.3 is 23.5 Å². The Balaban J connectivity index is 1.96. The van der Waals surface area contributed by atoms with Crippen molar-refractivity contribution in [2.75, 3.05) is 5.73 Å². The van der Waals surface area contributed by atoms with Crippen molar-refractivity contribution < 1.29 is 60.6 Å². The van der Waals surface area contributed by atoms with E-state index in [1.54, 1.807) is 0 Å². The number of aromatic nitrogens is 3.